The van der Waals surface area contributed by atoms with Crippen molar-refractivity contribution in [3.8, 4) is 0 Å². The molecule has 64 valence electrons. The molecule has 0 unspecified atom stereocenters. The van der Waals surface area contributed by atoms with Crippen molar-refractivity contribution in [2.75, 3.05) is 0 Å². The second-order valence-corrected chi connectivity index (χ2v) is 3.22. The molecule has 0 amide bonds. The lowest BCUT2D eigenvalue weighted by Gasteiger charge is -2.02. The van der Waals surface area contributed by atoms with Gasteiger partial charge in [-0.3, -0.25) is 0 Å². The van der Waals surface area contributed by atoms with Crippen LogP contribution in [0.1, 0.15) is 39.5 Å². The Labute approximate surface area is 74.9 Å². The SMILES string of the molecule is C=CCC/C(Cl)=C(\C)CCC. The van der Waals surface area contributed by atoms with Crippen LogP contribution in [0.4, 0.5) is 0 Å². The summed E-state index contributed by atoms with van der Waals surface area (Å²) in [7, 11) is 0. The Morgan fingerprint density at radius 3 is 2.55 bits per heavy atom. The van der Waals surface area contributed by atoms with Crippen molar-refractivity contribution >= 4 is 11.6 Å². The summed E-state index contributed by atoms with van der Waals surface area (Å²) in [6.45, 7) is 7.93. The summed E-state index contributed by atoms with van der Waals surface area (Å²) >= 11 is 6.02. The van der Waals surface area contributed by atoms with Crippen LogP contribution in [0.15, 0.2) is 23.3 Å². The van der Waals surface area contributed by atoms with Gasteiger partial charge in [-0.2, -0.15) is 0 Å². The Morgan fingerprint density at radius 1 is 1.45 bits per heavy atom. The molecule has 0 rings (SSSR count). The minimum Gasteiger partial charge on any atom is -0.103 e. The van der Waals surface area contributed by atoms with Crippen LogP contribution in [0.25, 0.3) is 0 Å². The van der Waals surface area contributed by atoms with Crippen molar-refractivity contribution in [1.82, 2.24) is 0 Å². The third kappa shape index (κ3) is 5.09. The fourth-order valence-corrected chi connectivity index (χ4v) is 1.16. The van der Waals surface area contributed by atoms with Crippen LogP contribution in [0.5, 0.6) is 0 Å². The molecule has 0 radical (unpaired) electrons. The summed E-state index contributed by atoms with van der Waals surface area (Å²) in [6.07, 6.45) is 6.14. The van der Waals surface area contributed by atoms with E-state index in [4.69, 9.17) is 11.6 Å². The second kappa shape index (κ2) is 6.48. The Bertz CT molecular complexity index is 145. The van der Waals surface area contributed by atoms with Crippen molar-refractivity contribution < 1.29 is 0 Å². The Kier molecular flexibility index (Phi) is 6.34. The third-order valence-electron chi connectivity index (χ3n) is 1.66. The van der Waals surface area contributed by atoms with Gasteiger partial charge in [0.05, 0.1) is 0 Å². The second-order valence-electron chi connectivity index (χ2n) is 2.76. The van der Waals surface area contributed by atoms with Gasteiger partial charge in [0.15, 0.2) is 0 Å². The van der Waals surface area contributed by atoms with Gasteiger partial charge in [-0.25, -0.2) is 0 Å². The Hall–Kier alpha value is -0.230. The van der Waals surface area contributed by atoms with Crippen LogP contribution in [0.2, 0.25) is 0 Å². The molecule has 0 saturated carbocycles. The first kappa shape index (κ1) is 10.8. The number of hydrogen-bond acceptors (Lipinski definition) is 0. The van der Waals surface area contributed by atoms with E-state index >= 15 is 0 Å². The summed E-state index contributed by atoms with van der Waals surface area (Å²) in [5.41, 5.74) is 1.33. The molecule has 0 aromatic carbocycles. The van der Waals surface area contributed by atoms with Crippen molar-refractivity contribution in [3.63, 3.8) is 0 Å². The highest BCUT2D eigenvalue weighted by Gasteiger charge is 1.96. The Balaban J connectivity index is 3.82. The zero-order chi connectivity index (χ0) is 8.69. The van der Waals surface area contributed by atoms with Crippen LogP contribution in [0, 0.1) is 0 Å². The molecule has 0 fully saturated rings. The van der Waals surface area contributed by atoms with E-state index in [9.17, 15) is 0 Å². The predicted octanol–water partition coefficient (Wildman–Crippen LogP) is 4.27. The zero-order valence-electron chi connectivity index (χ0n) is 7.49. The van der Waals surface area contributed by atoms with Crippen LogP contribution in [-0.4, -0.2) is 0 Å². The predicted molar refractivity (Wildman–Crippen MR) is 52.9 cm³/mol. The molecule has 0 nitrogen and oxygen atoms in total. The molecular formula is C10H17Cl. The molecule has 0 bridgehead atoms. The molecule has 11 heavy (non-hydrogen) atoms. The van der Waals surface area contributed by atoms with Crippen molar-refractivity contribution in [3.05, 3.63) is 23.3 Å². The third-order valence-corrected chi connectivity index (χ3v) is 2.17. The van der Waals surface area contributed by atoms with E-state index in [2.05, 4.69) is 20.4 Å². The smallest absolute Gasteiger partial charge is 0.0173 e. The van der Waals surface area contributed by atoms with E-state index in [0.29, 0.717) is 0 Å². The number of rotatable bonds is 5. The lowest BCUT2D eigenvalue weighted by atomic mass is 10.1. The van der Waals surface area contributed by atoms with Gasteiger partial charge in [-0.15, -0.1) is 6.58 Å². The molecule has 0 aliphatic heterocycles. The first-order chi connectivity index (χ1) is 5.22. The van der Waals surface area contributed by atoms with Crippen LogP contribution in [0.3, 0.4) is 0 Å². The zero-order valence-corrected chi connectivity index (χ0v) is 8.25. The number of allylic oxidation sites excluding steroid dienone is 3. The highest BCUT2D eigenvalue weighted by atomic mass is 35.5. The van der Waals surface area contributed by atoms with Crippen LogP contribution < -0.4 is 0 Å². The lowest BCUT2D eigenvalue weighted by Crippen LogP contribution is -1.81. The van der Waals surface area contributed by atoms with E-state index < -0.39 is 0 Å². The van der Waals surface area contributed by atoms with Crippen molar-refractivity contribution in [2.24, 2.45) is 0 Å². The fraction of sp³-hybridized carbons (Fsp3) is 0.600. The van der Waals surface area contributed by atoms with Crippen molar-refractivity contribution in [1.29, 1.82) is 0 Å². The Morgan fingerprint density at radius 2 is 2.09 bits per heavy atom. The van der Waals surface area contributed by atoms with E-state index in [1.165, 1.54) is 12.0 Å². The molecule has 0 spiro atoms. The number of halogens is 1. The molecule has 0 aliphatic rings. The molecule has 0 saturated heterocycles. The maximum atomic E-state index is 6.02. The largest absolute Gasteiger partial charge is 0.103 e. The van der Waals surface area contributed by atoms with Gasteiger partial charge in [0.25, 0.3) is 0 Å². The molecule has 0 N–H and O–H groups in total. The summed E-state index contributed by atoms with van der Waals surface area (Å²) in [5.74, 6) is 0. The van der Waals surface area contributed by atoms with E-state index in [1.807, 2.05) is 6.08 Å². The van der Waals surface area contributed by atoms with Crippen LogP contribution >= 0.6 is 11.6 Å². The average molecular weight is 173 g/mol. The molecule has 0 aromatic heterocycles. The monoisotopic (exact) mass is 172 g/mol. The van der Waals surface area contributed by atoms with Crippen molar-refractivity contribution in [2.45, 2.75) is 39.5 Å². The van der Waals surface area contributed by atoms with Gasteiger partial charge in [-0.05, 0) is 26.2 Å². The van der Waals surface area contributed by atoms with Gasteiger partial charge < -0.3 is 0 Å². The lowest BCUT2D eigenvalue weighted by molar-refractivity contribution is 0.882. The fourth-order valence-electron chi connectivity index (χ4n) is 0.953. The standard InChI is InChI=1S/C10H17Cl/c1-4-6-8-10(11)9(3)7-5-2/h4H,1,5-8H2,2-3H3/b10-9-. The minimum atomic E-state index is 0.955. The molecule has 0 aliphatic carbocycles. The summed E-state index contributed by atoms with van der Waals surface area (Å²) in [5, 5.41) is 1.02. The van der Waals surface area contributed by atoms with Crippen LogP contribution in [-0.2, 0) is 0 Å². The summed E-state index contributed by atoms with van der Waals surface area (Å²) in [6, 6.07) is 0. The van der Waals surface area contributed by atoms with Gasteiger partial charge in [0.2, 0.25) is 0 Å². The molecular weight excluding hydrogens is 156 g/mol. The normalized spacial score (nSPS) is 12.6. The number of hydrogen-bond donors (Lipinski definition) is 0. The average Bonchev–Trinajstić information content (AvgIpc) is 2.00. The van der Waals surface area contributed by atoms with Gasteiger partial charge >= 0.3 is 0 Å². The molecule has 1 heteroatoms. The van der Waals surface area contributed by atoms with Gasteiger partial charge in [0.1, 0.15) is 0 Å². The first-order valence-electron chi connectivity index (χ1n) is 4.17. The minimum absolute atomic E-state index is 0.955. The quantitative estimate of drug-likeness (QED) is 0.544. The van der Waals surface area contributed by atoms with Gasteiger partial charge in [-0.1, -0.05) is 36.6 Å². The maximum Gasteiger partial charge on any atom is 0.0173 e. The van der Waals surface area contributed by atoms with Gasteiger partial charge in [0, 0.05) is 5.03 Å². The summed E-state index contributed by atoms with van der Waals surface area (Å²) < 4.78 is 0. The first-order valence-corrected chi connectivity index (χ1v) is 4.55. The topological polar surface area (TPSA) is 0 Å². The molecule has 0 aromatic rings. The van der Waals surface area contributed by atoms with E-state index in [-0.39, 0.29) is 0 Å². The van der Waals surface area contributed by atoms with E-state index in [0.717, 1.165) is 24.3 Å². The van der Waals surface area contributed by atoms with E-state index in [1.54, 1.807) is 0 Å². The maximum absolute atomic E-state index is 6.02. The molecule has 0 heterocycles. The highest BCUT2D eigenvalue weighted by molar-refractivity contribution is 6.29. The highest BCUT2D eigenvalue weighted by Crippen LogP contribution is 2.18. The summed E-state index contributed by atoms with van der Waals surface area (Å²) in [4.78, 5) is 0. The molecule has 0 atom stereocenters.